The molecular weight excluding hydrogens is 223 g/mol. The molecule has 0 aliphatic heterocycles. The van der Waals surface area contributed by atoms with Gasteiger partial charge in [0.25, 0.3) is 0 Å². The number of hydrogen-bond acceptors (Lipinski definition) is 2. The Morgan fingerprint density at radius 2 is 2.21 bits per heavy atom. The summed E-state index contributed by atoms with van der Waals surface area (Å²) in [7, 11) is 0. The van der Waals surface area contributed by atoms with Gasteiger partial charge in [-0.2, -0.15) is 0 Å². The molecule has 2 nitrogen and oxygen atoms in total. The van der Waals surface area contributed by atoms with E-state index in [1.165, 1.54) is 5.54 Å². The van der Waals surface area contributed by atoms with Crippen LogP contribution in [0.5, 0.6) is 5.75 Å². The molecule has 0 aromatic heterocycles. The lowest BCUT2D eigenvalue weighted by atomic mass is 10.2. The van der Waals surface area contributed by atoms with Gasteiger partial charge in [0.15, 0.2) is 0 Å². The van der Waals surface area contributed by atoms with Crippen molar-refractivity contribution in [3.63, 3.8) is 0 Å². The summed E-state index contributed by atoms with van der Waals surface area (Å²) in [5.74, 6) is 0.506. The van der Waals surface area contributed by atoms with Crippen molar-refractivity contribution in [2.45, 2.75) is 6.61 Å². The Labute approximate surface area is 92.7 Å². The van der Waals surface area contributed by atoms with Gasteiger partial charge in [-0.25, -0.2) is 0 Å². The van der Waals surface area contributed by atoms with Crippen molar-refractivity contribution in [1.29, 1.82) is 0 Å². The lowest BCUT2D eigenvalue weighted by molar-refractivity contribution is 0.270. The number of aliphatic hydroxyl groups excluding tert-OH is 1. The maximum Gasteiger partial charge on any atom is 0.143 e. The molecule has 0 atom stereocenters. The first-order valence-corrected chi connectivity index (χ1v) is 4.87. The van der Waals surface area contributed by atoms with E-state index in [4.69, 9.17) is 33.0 Å². The van der Waals surface area contributed by atoms with Crippen molar-refractivity contribution in [2.24, 2.45) is 0 Å². The second-order valence-corrected chi connectivity index (χ2v) is 3.22. The Bertz CT molecular complexity index is 324. The van der Waals surface area contributed by atoms with Gasteiger partial charge in [-0.15, -0.1) is 0 Å². The van der Waals surface area contributed by atoms with Crippen LogP contribution in [0.25, 0.3) is 0 Å². The summed E-state index contributed by atoms with van der Waals surface area (Å²) < 4.78 is 5.34. The number of ether oxygens (including phenoxy) is 1. The van der Waals surface area contributed by atoms with Crippen LogP contribution in [0.3, 0.4) is 0 Å². The minimum atomic E-state index is -0.0967. The van der Waals surface area contributed by atoms with E-state index < -0.39 is 0 Å². The average molecular weight is 233 g/mol. The molecule has 0 spiro atoms. The Morgan fingerprint density at radius 3 is 2.86 bits per heavy atom. The largest absolute Gasteiger partial charge is 0.488 e. The molecule has 4 heteroatoms. The van der Waals surface area contributed by atoms with Crippen LogP contribution in [0.15, 0.2) is 29.8 Å². The van der Waals surface area contributed by atoms with Gasteiger partial charge < -0.3 is 9.84 Å². The van der Waals surface area contributed by atoms with E-state index in [-0.39, 0.29) is 6.61 Å². The minimum Gasteiger partial charge on any atom is -0.488 e. The molecule has 0 saturated heterocycles. The molecule has 0 aliphatic rings. The SMILES string of the molecule is OCc1cccc(Cl)c1OC/C=C/Cl. The van der Waals surface area contributed by atoms with Gasteiger partial charge in [0, 0.05) is 11.1 Å². The van der Waals surface area contributed by atoms with Crippen LogP contribution in [-0.4, -0.2) is 11.7 Å². The Hall–Kier alpha value is -0.700. The first-order chi connectivity index (χ1) is 6.79. The van der Waals surface area contributed by atoms with Crippen LogP contribution in [0.4, 0.5) is 0 Å². The molecule has 0 saturated carbocycles. The molecule has 76 valence electrons. The highest BCUT2D eigenvalue weighted by molar-refractivity contribution is 6.32. The maximum absolute atomic E-state index is 9.02. The molecule has 0 radical (unpaired) electrons. The quantitative estimate of drug-likeness (QED) is 0.866. The van der Waals surface area contributed by atoms with Gasteiger partial charge in [0.2, 0.25) is 0 Å². The number of para-hydroxylation sites is 1. The summed E-state index contributed by atoms with van der Waals surface area (Å²) in [4.78, 5) is 0. The number of halogens is 2. The highest BCUT2D eigenvalue weighted by Gasteiger charge is 2.06. The number of benzene rings is 1. The smallest absolute Gasteiger partial charge is 0.143 e. The van der Waals surface area contributed by atoms with Crippen LogP contribution in [0.2, 0.25) is 5.02 Å². The standard InChI is InChI=1S/C10H10Cl2O2/c11-5-2-6-14-10-8(7-13)3-1-4-9(10)12/h1-5,13H,6-7H2/b5-2+. The first kappa shape index (κ1) is 11.4. The second kappa shape index (κ2) is 5.91. The molecule has 14 heavy (non-hydrogen) atoms. The van der Waals surface area contributed by atoms with Gasteiger partial charge in [0.1, 0.15) is 12.4 Å². The molecular formula is C10H10Cl2O2. The van der Waals surface area contributed by atoms with E-state index >= 15 is 0 Å². The van der Waals surface area contributed by atoms with Crippen molar-refractivity contribution in [3.8, 4) is 5.75 Å². The van der Waals surface area contributed by atoms with Gasteiger partial charge >= 0.3 is 0 Å². The maximum atomic E-state index is 9.02. The summed E-state index contributed by atoms with van der Waals surface area (Å²) >= 11 is 11.2. The molecule has 1 N–H and O–H groups in total. The second-order valence-electron chi connectivity index (χ2n) is 2.56. The fraction of sp³-hybridized carbons (Fsp3) is 0.200. The van der Waals surface area contributed by atoms with Crippen LogP contribution >= 0.6 is 23.2 Å². The number of rotatable bonds is 4. The normalized spacial score (nSPS) is 10.8. The van der Waals surface area contributed by atoms with Crippen LogP contribution in [0.1, 0.15) is 5.56 Å². The van der Waals surface area contributed by atoms with Crippen LogP contribution in [0, 0.1) is 0 Å². The Morgan fingerprint density at radius 1 is 1.43 bits per heavy atom. The Kier molecular flexibility index (Phi) is 4.80. The highest BCUT2D eigenvalue weighted by Crippen LogP contribution is 2.28. The first-order valence-electron chi connectivity index (χ1n) is 4.06. The number of hydrogen-bond donors (Lipinski definition) is 1. The van der Waals surface area contributed by atoms with Crippen molar-refractivity contribution >= 4 is 23.2 Å². The predicted molar refractivity (Wildman–Crippen MR) is 57.9 cm³/mol. The highest BCUT2D eigenvalue weighted by atomic mass is 35.5. The topological polar surface area (TPSA) is 29.5 Å². The number of aliphatic hydroxyl groups is 1. The zero-order valence-electron chi connectivity index (χ0n) is 7.41. The van der Waals surface area contributed by atoms with Crippen molar-refractivity contribution < 1.29 is 9.84 Å². The summed E-state index contributed by atoms with van der Waals surface area (Å²) in [6.45, 7) is 0.237. The van der Waals surface area contributed by atoms with E-state index in [1.807, 2.05) is 0 Å². The zero-order valence-corrected chi connectivity index (χ0v) is 8.92. The predicted octanol–water partition coefficient (Wildman–Crippen LogP) is 2.96. The van der Waals surface area contributed by atoms with Crippen molar-refractivity contribution in [1.82, 2.24) is 0 Å². The fourth-order valence-corrected chi connectivity index (χ4v) is 1.33. The fourth-order valence-electron chi connectivity index (χ4n) is 1.01. The van der Waals surface area contributed by atoms with E-state index in [9.17, 15) is 0 Å². The van der Waals surface area contributed by atoms with Crippen LogP contribution in [-0.2, 0) is 6.61 Å². The van der Waals surface area contributed by atoms with Gasteiger partial charge in [0.05, 0.1) is 11.6 Å². The summed E-state index contributed by atoms with van der Waals surface area (Å²) in [5.41, 5.74) is 2.04. The lowest BCUT2D eigenvalue weighted by Gasteiger charge is -2.09. The summed E-state index contributed by atoms with van der Waals surface area (Å²) in [5, 5.41) is 9.50. The summed E-state index contributed by atoms with van der Waals surface area (Å²) in [6.07, 6.45) is 1.64. The van der Waals surface area contributed by atoms with Gasteiger partial charge in [-0.3, -0.25) is 0 Å². The van der Waals surface area contributed by atoms with Crippen LogP contribution < -0.4 is 4.74 Å². The van der Waals surface area contributed by atoms with Crippen molar-refractivity contribution in [3.05, 3.63) is 40.4 Å². The molecule has 1 rings (SSSR count). The summed E-state index contributed by atoms with van der Waals surface area (Å²) in [6, 6.07) is 5.23. The Balaban J connectivity index is 2.82. The van der Waals surface area contributed by atoms with Crippen molar-refractivity contribution in [2.75, 3.05) is 6.61 Å². The lowest BCUT2D eigenvalue weighted by Crippen LogP contribution is -1.98. The third kappa shape index (κ3) is 2.91. The third-order valence-electron chi connectivity index (χ3n) is 1.63. The van der Waals surface area contributed by atoms with Gasteiger partial charge in [-0.1, -0.05) is 35.3 Å². The van der Waals surface area contributed by atoms with E-state index in [2.05, 4.69) is 0 Å². The molecule has 0 aliphatic carbocycles. The van der Waals surface area contributed by atoms with E-state index in [0.717, 1.165) is 0 Å². The molecule has 0 amide bonds. The molecule has 0 bridgehead atoms. The van der Waals surface area contributed by atoms with E-state index in [0.29, 0.717) is 22.9 Å². The molecule has 0 unspecified atom stereocenters. The monoisotopic (exact) mass is 232 g/mol. The minimum absolute atomic E-state index is 0.0967. The van der Waals surface area contributed by atoms with Gasteiger partial charge in [-0.05, 0) is 12.1 Å². The molecule has 0 heterocycles. The molecule has 1 aromatic carbocycles. The third-order valence-corrected chi connectivity index (χ3v) is 2.11. The average Bonchev–Trinajstić information content (AvgIpc) is 2.20. The molecule has 0 fully saturated rings. The van der Waals surface area contributed by atoms with E-state index in [1.54, 1.807) is 24.3 Å². The zero-order chi connectivity index (χ0) is 10.4. The molecule has 1 aromatic rings.